The molecule has 3 nitrogen and oxygen atoms in total. The second kappa shape index (κ2) is 5.08. The van der Waals surface area contributed by atoms with Crippen LogP contribution < -0.4 is 0 Å². The van der Waals surface area contributed by atoms with Gasteiger partial charge in [0.2, 0.25) is 0 Å². The van der Waals surface area contributed by atoms with Gasteiger partial charge in [-0.3, -0.25) is 9.48 Å². The minimum absolute atomic E-state index is 0.131. The summed E-state index contributed by atoms with van der Waals surface area (Å²) in [6.07, 6.45) is 4.03. The van der Waals surface area contributed by atoms with Crippen LogP contribution in [0.15, 0.2) is 30.6 Å². The van der Waals surface area contributed by atoms with Crippen molar-refractivity contribution in [1.82, 2.24) is 9.78 Å². The molecule has 0 atom stereocenters. The van der Waals surface area contributed by atoms with E-state index in [1.54, 1.807) is 24.1 Å². The summed E-state index contributed by atoms with van der Waals surface area (Å²) in [5.41, 5.74) is 0.696. The second-order valence-corrected chi connectivity index (χ2v) is 4.07. The van der Waals surface area contributed by atoms with Crippen LogP contribution >= 0.6 is 0 Å². The van der Waals surface area contributed by atoms with Crippen LogP contribution in [0.1, 0.15) is 22.3 Å². The zero-order chi connectivity index (χ0) is 13.1. The number of aromatic nitrogens is 2. The summed E-state index contributed by atoms with van der Waals surface area (Å²) in [6, 6.07) is 2.89. The van der Waals surface area contributed by atoms with E-state index < -0.39 is 17.4 Å². The first-order valence-corrected chi connectivity index (χ1v) is 5.52. The highest BCUT2D eigenvalue weighted by Crippen LogP contribution is 2.13. The lowest BCUT2D eigenvalue weighted by Crippen LogP contribution is -2.04. The summed E-state index contributed by atoms with van der Waals surface area (Å²) >= 11 is 0. The van der Waals surface area contributed by atoms with Gasteiger partial charge < -0.3 is 0 Å². The van der Waals surface area contributed by atoms with Crippen molar-refractivity contribution in [1.29, 1.82) is 0 Å². The summed E-state index contributed by atoms with van der Waals surface area (Å²) in [5, 5.41) is 3.97. The molecule has 1 aromatic carbocycles. The predicted molar refractivity (Wildman–Crippen MR) is 62.2 cm³/mol. The van der Waals surface area contributed by atoms with Gasteiger partial charge in [-0.1, -0.05) is 0 Å². The van der Waals surface area contributed by atoms with Crippen LogP contribution in [0.4, 0.5) is 8.78 Å². The quantitative estimate of drug-likeness (QED) is 0.781. The van der Waals surface area contributed by atoms with Crippen molar-refractivity contribution in [3.8, 4) is 0 Å². The molecule has 0 radical (unpaired) electrons. The van der Waals surface area contributed by atoms with E-state index in [9.17, 15) is 13.6 Å². The molecule has 0 fully saturated rings. The molecule has 0 bridgehead atoms. The molecule has 0 aliphatic rings. The van der Waals surface area contributed by atoms with Crippen LogP contribution in [0, 0.1) is 11.6 Å². The molecular formula is C13H12F2N2O. The van der Waals surface area contributed by atoms with Crippen molar-refractivity contribution < 1.29 is 13.6 Å². The van der Waals surface area contributed by atoms with Gasteiger partial charge in [0.25, 0.3) is 0 Å². The van der Waals surface area contributed by atoms with E-state index in [-0.39, 0.29) is 12.0 Å². The van der Waals surface area contributed by atoms with E-state index in [0.717, 1.165) is 23.8 Å². The first-order chi connectivity index (χ1) is 8.56. The Bertz CT molecular complexity index is 578. The highest BCUT2D eigenvalue weighted by molar-refractivity contribution is 5.96. The average molecular weight is 250 g/mol. The Morgan fingerprint density at radius 1 is 1.39 bits per heavy atom. The number of rotatable bonds is 4. The number of Topliss-reactive ketones (excluding diaryl/α,β-unsaturated/α-hetero) is 1. The molecule has 2 rings (SSSR count). The third kappa shape index (κ3) is 2.80. The number of carbonyl (C=O) groups excluding carboxylic acids is 1. The molecule has 0 saturated heterocycles. The minimum Gasteiger partial charge on any atom is -0.294 e. The first kappa shape index (κ1) is 12.4. The Morgan fingerprint density at radius 2 is 2.17 bits per heavy atom. The van der Waals surface area contributed by atoms with E-state index in [0.29, 0.717) is 6.42 Å². The SMILES string of the molecule is Cn1cc(CCC(=O)c2cc(F)ccc2F)cn1. The average Bonchev–Trinajstić information content (AvgIpc) is 2.75. The number of hydrogen-bond acceptors (Lipinski definition) is 2. The fourth-order valence-electron chi connectivity index (χ4n) is 1.70. The molecule has 1 heterocycles. The van der Waals surface area contributed by atoms with Crippen molar-refractivity contribution >= 4 is 5.78 Å². The largest absolute Gasteiger partial charge is 0.294 e. The topological polar surface area (TPSA) is 34.9 Å². The molecule has 18 heavy (non-hydrogen) atoms. The van der Waals surface area contributed by atoms with Gasteiger partial charge in [-0.25, -0.2) is 8.78 Å². The molecule has 0 amide bonds. The van der Waals surface area contributed by atoms with Crippen LogP contribution in [0.3, 0.4) is 0 Å². The molecule has 2 aromatic rings. The summed E-state index contributed by atoms with van der Waals surface area (Å²) in [7, 11) is 1.78. The highest BCUT2D eigenvalue weighted by atomic mass is 19.1. The fourth-order valence-corrected chi connectivity index (χ4v) is 1.70. The number of ketones is 1. The summed E-state index contributed by atoms with van der Waals surface area (Å²) in [6.45, 7) is 0. The first-order valence-electron chi connectivity index (χ1n) is 5.52. The van der Waals surface area contributed by atoms with Gasteiger partial charge in [-0.2, -0.15) is 5.10 Å². The van der Waals surface area contributed by atoms with E-state index in [1.807, 2.05) is 0 Å². The lowest BCUT2D eigenvalue weighted by molar-refractivity contribution is 0.0978. The molecule has 0 saturated carbocycles. The fraction of sp³-hybridized carbons (Fsp3) is 0.231. The Kier molecular flexibility index (Phi) is 3.50. The Hall–Kier alpha value is -2.04. The van der Waals surface area contributed by atoms with Crippen molar-refractivity contribution in [2.75, 3.05) is 0 Å². The van der Waals surface area contributed by atoms with Gasteiger partial charge in [0.15, 0.2) is 5.78 Å². The van der Waals surface area contributed by atoms with Gasteiger partial charge in [-0.15, -0.1) is 0 Å². The Balaban J connectivity index is 2.05. The Morgan fingerprint density at radius 3 is 2.83 bits per heavy atom. The van der Waals surface area contributed by atoms with E-state index in [1.165, 1.54) is 0 Å². The zero-order valence-electron chi connectivity index (χ0n) is 9.86. The maximum absolute atomic E-state index is 13.3. The number of hydrogen-bond donors (Lipinski definition) is 0. The van der Waals surface area contributed by atoms with Gasteiger partial charge in [0.1, 0.15) is 11.6 Å². The third-order valence-electron chi connectivity index (χ3n) is 2.63. The lowest BCUT2D eigenvalue weighted by Gasteiger charge is -2.02. The Labute approximate surface area is 103 Å². The predicted octanol–water partition coefficient (Wildman–Crippen LogP) is 2.51. The summed E-state index contributed by atoms with van der Waals surface area (Å²) < 4.78 is 27.9. The van der Waals surface area contributed by atoms with Crippen molar-refractivity contribution in [3.63, 3.8) is 0 Å². The van der Waals surface area contributed by atoms with Crippen molar-refractivity contribution in [3.05, 3.63) is 53.4 Å². The number of halogens is 2. The molecule has 0 aliphatic heterocycles. The molecule has 0 N–H and O–H groups in total. The van der Waals surface area contributed by atoms with Crippen molar-refractivity contribution in [2.45, 2.75) is 12.8 Å². The van der Waals surface area contributed by atoms with Crippen LogP contribution in [-0.4, -0.2) is 15.6 Å². The zero-order valence-corrected chi connectivity index (χ0v) is 9.86. The van der Waals surface area contributed by atoms with Gasteiger partial charge in [0.05, 0.1) is 11.8 Å². The maximum Gasteiger partial charge on any atom is 0.166 e. The minimum atomic E-state index is -0.687. The van der Waals surface area contributed by atoms with Crippen LogP contribution in [0.5, 0.6) is 0 Å². The molecule has 0 spiro atoms. The standard InChI is InChI=1S/C13H12F2N2O/c1-17-8-9(7-16-17)2-5-13(18)11-6-10(14)3-4-12(11)15/h3-4,6-8H,2,5H2,1H3. The lowest BCUT2D eigenvalue weighted by atomic mass is 10.0. The summed E-state index contributed by atoms with van der Waals surface area (Å²) in [4.78, 5) is 11.8. The molecular weight excluding hydrogens is 238 g/mol. The molecule has 1 aromatic heterocycles. The number of carbonyl (C=O) groups is 1. The van der Waals surface area contributed by atoms with Crippen molar-refractivity contribution in [2.24, 2.45) is 7.05 Å². The van der Waals surface area contributed by atoms with Crippen LogP contribution in [0.25, 0.3) is 0 Å². The number of aryl methyl sites for hydroxylation is 2. The smallest absolute Gasteiger partial charge is 0.166 e. The number of nitrogens with zero attached hydrogens (tertiary/aromatic N) is 2. The van der Waals surface area contributed by atoms with Gasteiger partial charge >= 0.3 is 0 Å². The van der Waals surface area contributed by atoms with E-state index in [2.05, 4.69) is 5.10 Å². The van der Waals surface area contributed by atoms with E-state index >= 15 is 0 Å². The normalized spacial score (nSPS) is 10.6. The molecule has 5 heteroatoms. The van der Waals surface area contributed by atoms with Gasteiger partial charge in [0, 0.05) is 19.7 Å². The highest BCUT2D eigenvalue weighted by Gasteiger charge is 2.13. The maximum atomic E-state index is 13.3. The monoisotopic (exact) mass is 250 g/mol. The van der Waals surface area contributed by atoms with E-state index in [4.69, 9.17) is 0 Å². The summed E-state index contributed by atoms with van der Waals surface area (Å²) in [5.74, 6) is -1.70. The second-order valence-electron chi connectivity index (χ2n) is 4.07. The molecule has 94 valence electrons. The number of benzene rings is 1. The third-order valence-corrected chi connectivity index (χ3v) is 2.63. The van der Waals surface area contributed by atoms with Crippen LogP contribution in [-0.2, 0) is 13.5 Å². The molecule has 0 aliphatic carbocycles. The van der Waals surface area contributed by atoms with Gasteiger partial charge in [-0.05, 0) is 30.2 Å². The van der Waals surface area contributed by atoms with Crippen LogP contribution in [0.2, 0.25) is 0 Å². The molecule has 0 unspecified atom stereocenters.